The Balaban J connectivity index is 1.81. The molecule has 0 saturated carbocycles. The van der Waals surface area contributed by atoms with Crippen molar-refractivity contribution < 1.29 is 4.74 Å². The maximum atomic E-state index is 9.66. The second-order valence-electron chi connectivity index (χ2n) is 7.00. The van der Waals surface area contributed by atoms with E-state index in [2.05, 4.69) is 21.3 Å². The van der Waals surface area contributed by atoms with Crippen LogP contribution in [0.5, 0.6) is 0 Å². The predicted molar refractivity (Wildman–Crippen MR) is 120 cm³/mol. The van der Waals surface area contributed by atoms with Crippen LogP contribution in [0.2, 0.25) is 0 Å². The Morgan fingerprint density at radius 2 is 1.74 bits per heavy atom. The molecule has 0 atom stereocenters. The van der Waals surface area contributed by atoms with Crippen LogP contribution in [0.15, 0.2) is 72.9 Å². The summed E-state index contributed by atoms with van der Waals surface area (Å²) in [6, 6.07) is 23.6. The lowest BCUT2D eigenvalue weighted by Gasteiger charge is -2.20. The lowest BCUT2D eigenvalue weighted by molar-refractivity contribution is 0.206. The largest absolute Gasteiger partial charge is 0.383 e. The number of rotatable bonds is 7. The molecule has 0 bridgehead atoms. The monoisotopic (exact) mass is 410 g/mol. The van der Waals surface area contributed by atoms with Gasteiger partial charge in [-0.05, 0) is 24.3 Å². The third-order valence-corrected chi connectivity index (χ3v) is 4.97. The topological polar surface area (TPSA) is 79.9 Å². The van der Waals surface area contributed by atoms with Gasteiger partial charge < -0.3 is 9.64 Å². The zero-order chi connectivity index (χ0) is 21.6. The van der Waals surface area contributed by atoms with E-state index in [9.17, 15) is 5.26 Å². The summed E-state index contributed by atoms with van der Waals surface area (Å²) in [4.78, 5) is 6.58. The molecule has 2 heterocycles. The summed E-state index contributed by atoms with van der Waals surface area (Å²) >= 11 is 0. The van der Waals surface area contributed by atoms with Crippen molar-refractivity contribution in [1.82, 2.24) is 19.7 Å². The number of pyridine rings is 1. The minimum atomic E-state index is 0.541. The number of likely N-dealkylation sites (N-methyl/N-ethyl adjacent to an activating group) is 1. The highest BCUT2D eigenvalue weighted by Crippen LogP contribution is 2.29. The van der Waals surface area contributed by atoms with Crippen molar-refractivity contribution in [2.45, 2.75) is 0 Å². The highest BCUT2D eigenvalue weighted by molar-refractivity contribution is 5.67. The van der Waals surface area contributed by atoms with Gasteiger partial charge in [0.15, 0.2) is 5.82 Å². The highest BCUT2D eigenvalue weighted by atomic mass is 16.5. The van der Waals surface area contributed by atoms with E-state index in [1.165, 1.54) is 0 Å². The molecule has 7 heteroatoms. The van der Waals surface area contributed by atoms with Crippen LogP contribution in [-0.4, -0.2) is 47.1 Å². The van der Waals surface area contributed by atoms with E-state index in [4.69, 9.17) is 4.74 Å². The molecular formula is C24H22N6O. The van der Waals surface area contributed by atoms with Crippen LogP contribution in [0.1, 0.15) is 5.56 Å². The first-order valence-electron chi connectivity index (χ1n) is 9.89. The number of methoxy groups -OCH3 is 1. The first-order chi connectivity index (χ1) is 15.2. The fourth-order valence-electron chi connectivity index (χ4n) is 3.33. The molecule has 0 amide bonds. The molecule has 0 radical (unpaired) electrons. The number of aromatic nitrogens is 4. The summed E-state index contributed by atoms with van der Waals surface area (Å²) in [5.74, 6) is 1.25. The Labute approximate surface area is 181 Å². The van der Waals surface area contributed by atoms with Gasteiger partial charge in [0.25, 0.3) is 0 Å². The van der Waals surface area contributed by atoms with Gasteiger partial charge in [-0.15, -0.1) is 10.2 Å². The average molecular weight is 410 g/mol. The summed E-state index contributed by atoms with van der Waals surface area (Å²) in [5, 5.41) is 18.5. The molecule has 0 spiro atoms. The number of anilines is 1. The molecular weight excluding hydrogens is 388 g/mol. The van der Waals surface area contributed by atoms with Gasteiger partial charge in [0.2, 0.25) is 5.95 Å². The Morgan fingerprint density at radius 3 is 2.45 bits per heavy atom. The zero-order valence-electron chi connectivity index (χ0n) is 17.4. The molecule has 0 unspecified atom stereocenters. The minimum absolute atomic E-state index is 0.541. The quantitative estimate of drug-likeness (QED) is 0.459. The molecule has 2 aromatic carbocycles. The Bertz CT molecular complexity index is 1190. The van der Waals surface area contributed by atoms with Gasteiger partial charge in [0.05, 0.1) is 23.6 Å². The van der Waals surface area contributed by atoms with Crippen LogP contribution in [0.4, 0.5) is 5.95 Å². The lowest BCUT2D eigenvalue weighted by atomic mass is 10.1. The van der Waals surface area contributed by atoms with Crippen molar-refractivity contribution in [1.29, 1.82) is 5.26 Å². The molecule has 2 aromatic heterocycles. The normalized spacial score (nSPS) is 10.6. The number of hydrogen-bond acceptors (Lipinski definition) is 6. The third-order valence-electron chi connectivity index (χ3n) is 4.97. The van der Waals surface area contributed by atoms with Crippen molar-refractivity contribution in [2.75, 3.05) is 32.2 Å². The Kier molecular flexibility index (Phi) is 6.01. The van der Waals surface area contributed by atoms with Gasteiger partial charge in [0, 0.05) is 38.0 Å². The predicted octanol–water partition coefficient (Wildman–Crippen LogP) is 3.95. The summed E-state index contributed by atoms with van der Waals surface area (Å²) in [7, 11) is 3.59. The van der Waals surface area contributed by atoms with Crippen molar-refractivity contribution in [3.05, 3.63) is 78.5 Å². The Morgan fingerprint density at radius 1 is 0.968 bits per heavy atom. The maximum absolute atomic E-state index is 9.66. The number of para-hydroxylation sites is 1. The first-order valence-corrected chi connectivity index (χ1v) is 9.89. The van der Waals surface area contributed by atoms with Crippen LogP contribution in [0.3, 0.4) is 0 Å². The first kappa shape index (κ1) is 20.3. The molecule has 4 rings (SSSR count). The summed E-state index contributed by atoms with van der Waals surface area (Å²) < 4.78 is 7.11. The Hall–Kier alpha value is -4.02. The average Bonchev–Trinajstić information content (AvgIpc) is 3.28. The van der Waals surface area contributed by atoms with Gasteiger partial charge in [-0.1, -0.05) is 42.5 Å². The minimum Gasteiger partial charge on any atom is -0.383 e. The molecule has 0 aliphatic carbocycles. The van der Waals surface area contributed by atoms with Crippen LogP contribution < -0.4 is 4.90 Å². The summed E-state index contributed by atoms with van der Waals surface area (Å²) in [6.45, 7) is 1.18. The van der Waals surface area contributed by atoms with E-state index in [0.29, 0.717) is 30.5 Å². The third kappa shape index (κ3) is 4.15. The number of hydrogen-bond donors (Lipinski definition) is 0. The smallest absolute Gasteiger partial charge is 0.232 e. The van der Waals surface area contributed by atoms with Crippen LogP contribution in [0.25, 0.3) is 28.3 Å². The van der Waals surface area contributed by atoms with E-state index in [-0.39, 0.29) is 0 Å². The van der Waals surface area contributed by atoms with E-state index in [1.807, 2.05) is 77.2 Å². The number of ether oxygens (including phenoxy) is 1. The van der Waals surface area contributed by atoms with Crippen molar-refractivity contribution in [2.24, 2.45) is 0 Å². The summed E-state index contributed by atoms with van der Waals surface area (Å²) in [6.07, 6.45) is 1.79. The van der Waals surface area contributed by atoms with Gasteiger partial charge >= 0.3 is 0 Å². The van der Waals surface area contributed by atoms with Crippen molar-refractivity contribution in [3.8, 4) is 34.4 Å². The molecule has 0 aliphatic rings. The second kappa shape index (κ2) is 9.20. The van der Waals surface area contributed by atoms with Gasteiger partial charge in [-0.3, -0.25) is 9.55 Å². The molecule has 0 saturated heterocycles. The number of nitrogens with zero attached hydrogens (tertiary/aromatic N) is 6. The van der Waals surface area contributed by atoms with Crippen LogP contribution >= 0.6 is 0 Å². The van der Waals surface area contributed by atoms with E-state index < -0.39 is 0 Å². The van der Waals surface area contributed by atoms with Gasteiger partial charge in [-0.25, -0.2) is 0 Å². The molecule has 0 fully saturated rings. The highest BCUT2D eigenvalue weighted by Gasteiger charge is 2.20. The summed E-state index contributed by atoms with van der Waals surface area (Å²) in [5.41, 5.74) is 4.00. The molecule has 31 heavy (non-hydrogen) atoms. The SMILES string of the molecule is COCCN(C)c1nnc(-c2ccc(-c3ccccc3)nc2)n1-c1ccccc1C#N. The van der Waals surface area contributed by atoms with E-state index in [1.54, 1.807) is 19.4 Å². The molecule has 154 valence electrons. The molecule has 7 nitrogen and oxygen atoms in total. The standard InChI is InChI=1S/C24H22N6O/c1-29(14-15-31-2)24-28-27-23(30(24)22-11-7-6-10-19(22)16-25)20-12-13-21(26-17-20)18-8-4-3-5-9-18/h3-13,17H,14-15H2,1-2H3. The number of benzene rings is 2. The van der Waals surface area contributed by atoms with E-state index >= 15 is 0 Å². The fourth-order valence-corrected chi connectivity index (χ4v) is 3.33. The van der Waals surface area contributed by atoms with Crippen LogP contribution in [-0.2, 0) is 4.74 Å². The number of nitriles is 1. The van der Waals surface area contributed by atoms with E-state index in [0.717, 1.165) is 22.5 Å². The van der Waals surface area contributed by atoms with Gasteiger partial charge in [-0.2, -0.15) is 5.26 Å². The maximum Gasteiger partial charge on any atom is 0.232 e. The van der Waals surface area contributed by atoms with Crippen molar-refractivity contribution >= 4 is 5.95 Å². The molecule has 0 N–H and O–H groups in total. The zero-order valence-corrected chi connectivity index (χ0v) is 17.4. The fraction of sp³-hybridized carbons (Fsp3) is 0.167. The van der Waals surface area contributed by atoms with Gasteiger partial charge in [0.1, 0.15) is 6.07 Å². The molecule has 0 aliphatic heterocycles. The molecule has 4 aromatic rings. The van der Waals surface area contributed by atoms with Crippen LogP contribution in [0, 0.1) is 11.3 Å². The lowest BCUT2D eigenvalue weighted by Crippen LogP contribution is -2.25. The van der Waals surface area contributed by atoms with Crippen molar-refractivity contribution in [3.63, 3.8) is 0 Å². The second-order valence-corrected chi connectivity index (χ2v) is 7.00.